The molecule has 73 valence electrons. The SMILES string of the molecule is CCC[C](C(C)O)C(OC)OC. The van der Waals surface area contributed by atoms with E-state index in [1.54, 1.807) is 21.1 Å². The van der Waals surface area contributed by atoms with Crippen molar-refractivity contribution in [1.29, 1.82) is 0 Å². The van der Waals surface area contributed by atoms with Crippen LogP contribution in [0.5, 0.6) is 0 Å². The van der Waals surface area contributed by atoms with E-state index in [1.807, 2.05) is 0 Å². The Hall–Kier alpha value is -0.120. The Labute approximate surface area is 74.7 Å². The third kappa shape index (κ3) is 3.52. The molecule has 0 saturated heterocycles. The Bertz CT molecular complexity index is 99.9. The maximum absolute atomic E-state index is 9.38. The van der Waals surface area contributed by atoms with Crippen molar-refractivity contribution in [2.75, 3.05) is 14.2 Å². The van der Waals surface area contributed by atoms with E-state index in [2.05, 4.69) is 6.92 Å². The number of methoxy groups -OCH3 is 2. The van der Waals surface area contributed by atoms with Crippen LogP contribution in [0, 0.1) is 5.92 Å². The maximum Gasteiger partial charge on any atom is 0.165 e. The third-order valence-electron chi connectivity index (χ3n) is 1.81. The van der Waals surface area contributed by atoms with Crippen molar-refractivity contribution in [3.05, 3.63) is 5.92 Å². The summed E-state index contributed by atoms with van der Waals surface area (Å²) in [6, 6.07) is 0. The highest BCUT2D eigenvalue weighted by atomic mass is 16.7. The first-order valence-corrected chi connectivity index (χ1v) is 4.26. The maximum atomic E-state index is 9.38. The topological polar surface area (TPSA) is 38.7 Å². The molecule has 0 aliphatic heterocycles. The molecule has 3 heteroatoms. The Kier molecular flexibility index (Phi) is 6.34. The van der Waals surface area contributed by atoms with Crippen LogP contribution in [-0.2, 0) is 9.47 Å². The van der Waals surface area contributed by atoms with Crippen LogP contribution in [0.15, 0.2) is 0 Å². The minimum Gasteiger partial charge on any atom is -0.393 e. The summed E-state index contributed by atoms with van der Waals surface area (Å²) in [5, 5.41) is 9.38. The quantitative estimate of drug-likeness (QED) is 0.619. The van der Waals surface area contributed by atoms with E-state index in [1.165, 1.54) is 0 Å². The molecule has 0 aliphatic carbocycles. The predicted octanol–water partition coefficient (Wildman–Crippen LogP) is 1.36. The van der Waals surface area contributed by atoms with E-state index in [9.17, 15) is 5.11 Å². The van der Waals surface area contributed by atoms with Gasteiger partial charge in [-0.1, -0.05) is 13.3 Å². The minimum atomic E-state index is -0.463. The zero-order chi connectivity index (χ0) is 9.56. The number of hydrogen-bond acceptors (Lipinski definition) is 3. The summed E-state index contributed by atoms with van der Waals surface area (Å²) in [4.78, 5) is 0. The lowest BCUT2D eigenvalue weighted by Gasteiger charge is -2.25. The number of rotatable bonds is 6. The zero-order valence-electron chi connectivity index (χ0n) is 8.33. The molecule has 1 atom stereocenters. The molecule has 1 unspecified atom stereocenters. The van der Waals surface area contributed by atoms with E-state index in [0.717, 1.165) is 18.8 Å². The van der Waals surface area contributed by atoms with Crippen molar-refractivity contribution in [3.8, 4) is 0 Å². The van der Waals surface area contributed by atoms with Gasteiger partial charge in [0.1, 0.15) is 0 Å². The largest absolute Gasteiger partial charge is 0.393 e. The van der Waals surface area contributed by atoms with E-state index in [4.69, 9.17) is 9.47 Å². The molecule has 0 heterocycles. The fraction of sp³-hybridized carbons (Fsp3) is 0.889. The summed E-state index contributed by atoms with van der Waals surface area (Å²) in [7, 11) is 3.15. The Morgan fingerprint density at radius 3 is 2.08 bits per heavy atom. The van der Waals surface area contributed by atoms with Crippen molar-refractivity contribution in [2.45, 2.75) is 39.1 Å². The smallest absolute Gasteiger partial charge is 0.165 e. The average molecular weight is 175 g/mol. The number of aliphatic hydroxyl groups is 1. The summed E-state index contributed by atoms with van der Waals surface area (Å²) < 4.78 is 10.1. The Balaban J connectivity index is 4.05. The molecule has 0 aromatic rings. The minimum absolute atomic E-state index is 0.370. The van der Waals surface area contributed by atoms with Gasteiger partial charge in [-0.25, -0.2) is 0 Å². The van der Waals surface area contributed by atoms with Gasteiger partial charge in [-0.3, -0.25) is 0 Å². The van der Waals surface area contributed by atoms with Crippen LogP contribution in [0.2, 0.25) is 0 Å². The van der Waals surface area contributed by atoms with Crippen molar-refractivity contribution in [3.63, 3.8) is 0 Å². The van der Waals surface area contributed by atoms with Crippen LogP contribution in [0.3, 0.4) is 0 Å². The molecule has 12 heavy (non-hydrogen) atoms. The van der Waals surface area contributed by atoms with E-state index in [0.29, 0.717) is 0 Å². The molecule has 1 N–H and O–H groups in total. The van der Waals surface area contributed by atoms with Gasteiger partial charge in [0.15, 0.2) is 6.29 Å². The second-order valence-electron chi connectivity index (χ2n) is 2.80. The van der Waals surface area contributed by atoms with Crippen molar-refractivity contribution in [1.82, 2.24) is 0 Å². The Morgan fingerprint density at radius 2 is 1.83 bits per heavy atom. The molecule has 0 aromatic carbocycles. The standard InChI is InChI=1S/C9H19O3/c1-5-6-8(7(2)10)9(11-3)12-4/h7,9-10H,5-6H2,1-4H3. The van der Waals surface area contributed by atoms with Crippen molar-refractivity contribution >= 4 is 0 Å². The number of ether oxygens (including phenoxy) is 2. The van der Waals surface area contributed by atoms with Gasteiger partial charge >= 0.3 is 0 Å². The summed E-state index contributed by atoms with van der Waals surface area (Å²) in [5.41, 5.74) is 0. The summed E-state index contributed by atoms with van der Waals surface area (Å²) in [6.07, 6.45) is 0.993. The van der Waals surface area contributed by atoms with E-state index < -0.39 is 6.10 Å². The number of aliphatic hydroxyl groups excluding tert-OH is 1. The van der Waals surface area contributed by atoms with Crippen LogP contribution >= 0.6 is 0 Å². The van der Waals surface area contributed by atoms with Gasteiger partial charge in [-0.15, -0.1) is 0 Å². The van der Waals surface area contributed by atoms with Gasteiger partial charge in [0.05, 0.1) is 12.0 Å². The lowest BCUT2D eigenvalue weighted by atomic mass is 9.97. The van der Waals surface area contributed by atoms with Gasteiger partial charge in [0.25, 0.3) is 0 Å². The monoisotopic (exact) mass is 175 g/mol. The first kappa shape index (κ1) is 11.9. The Morgan fingerprint density at radius 1 is 1.33 bits per heavy atom. The highest BCUT2D eigenvalue weighted by molar-refractivity contribution is 4.98. The van der Waals surface area contributed by atoms with E-state index >= 15 is 0 Å². The first-order valence-electron chi connectivity index (χ1n) is 4.26. The van der Waals surface area contributed by atoms with Gasteiger partial charge in [-0.05, 0) is 13.3 Å². The second-order valence-corrected chi connectivity index (χ2v) is 2.80. The van der Waals surface area contributed by atoms with Crippen molar-refractivity contribution < 1.29 is 14.6 Å². The van der Waals surface area contributed by atoms with Crippen LogP contribution < -0.4 is 0 Å². The molecule has 0 amide bonds. The molecule has 3 nitrogen and oxygen atoms in total. The van der Waals surface area contributed by atoms with Gasteiger partial charge in [-0.2, -0.15) is 0 Å². The first-order chi connectivity index (χ1) is 5.67. The summed E-state index contributed by atoms with van der Waals surface area (Å²) >= 11 is 0. The molecular weight excluding hydrogens is 156 g/mol. The fourth-order valence-corrected chi connectivity index (χ4v) is 1.21. The lowest BCUT2D eigenvalue weighted by molar-refractivity contribution is -0.106. The number of hydrogen-bond donors (Lipinski definition) is 1. The fourth-order valence-electron chi connectivity index (χ4n) is 1.21. The van der Waals surface area contributed by atoms with E-state index in [-0.39, 0.29) is 6.29 Å². The molecule has 1 radical (unpaired) electrons. The molecular formula is C9H19O3. The second kappa shape index (κ2) is 6.40. The molecule has 0 aromatic heterocycles. The molecule has 0 fully saturated rings. The van der Waals surface area contributed by atoms with Gasteiger partial charge < -0.3 is 14.6 Å². The van der Waals surface area contributed by atoms with Crippen LogP contribution in [0.1, 0.15) is 26.7 Å². The lowest BCUT2D eigenvalue weighted by Crippen LogP contribution is -2.30. The average Bonchev–Trinajstić information content (AvgIpc) is 2.05. The zero-order valence-corrected chi connectivity index (χ0v) is 8.33. The molecule has 0 saturated carbocycles. The van der Waals surface area contributed by atoms with Crippen LogP contribution in [-0.4, -0.2) is 31.7 Å². The molecule has 0 spiro atoms. The molecule has 0 aliphatic rings. The summed E-state index contributed by atoms with van der Waals surface area (Å²) in [6.45, 7) is 3.79. The highest BCUT2D eigenvalue weighted by Crippen LogP contribution is 2.21. The van der Waals surface area contributed by atoms with Crippen molar-refractivity contribution in [2.24, 2.45) is 0 Å². The molecule has 0 rings (SSSR count). The molecule has 0 bridgehead atoms. The third-order valence-corrected chi connectivity index (χ3v) is 1.81. The summed E-state index contributed by atoms with van der Waals surface area (Å²) in [5.74, 6) is 0.905. The van der Waals surface area contributed by atoms with Gasteiger partial charge in [0, 0.05) is 14.2 Å². The van der Waals surface area contributed by atoms with Crippen LogP contribution in [0.4, 0.5) is 0 Å². The normalized spacial score (nSPS) is 14.2. The van der Waals surface area contributed by atoms with Gasteiger partial charge in [0.2, 0.25) is 0 Å². The predicted molar refractivity (Wildman–Crippen MR) is 47.6 cm³/mol. The highest BCUT2D eigenvalue weighted by Gasteiger charge is 2.25. The van der Waals surface area contributed by atoms with Crippen LogP contribution in [0.25, 0.3) is 0 Å².